The molecule has 2 atom stereocenters. The van der Waals surface area contributed by atoms with Gasteiger partial charge in [-0.15, -0.1) is 0 Å². The summed E-state index contributed by atoms with van der Waals surface area (Å²) < 4.78 is 0.0780. The largest absolute Gasteiger partial charge is 0.544 e. The van der Waals surface area contributed by atoms with E-state index in [4.69, 9.17) is 5.73 Å². The van der Waals surface area contributed by atoms with Crippen LogP contribution in [-0.2, 0) is 4.79 Å². The van der Waals surface area contributed by atoms with E-state index in [0.717, 1.165) is 25.1 Å². The molecule has 0 aromatic heterocycles. The second-order valence-electron chi connectivity index (χ2n) is 8.03. The lowest BCUT2D eigenvalue weighted by Crippen LogP contribution is -2.60. The molecule has 0 aromatic rings. The molecule has 28 heavy (non-hydrogen) atoms. The van der Waals surface area contributed by atoms with Crippen molar-refractivity contribution < 1.29 is 14.4 Å². The lowest BCUT2D eigenvalue weighted by Gasteiger charge is -2.36. The highest BCUT2D eigenvalue weighted by atomic mass is 16.4. The molecule has 2 unspecified atom stereocenters. The summed E-state index contributed by atoms with van der Waals surface area (Å²) in [6, 6.07) is 0. The number of hydrogen-bond donors (Lipinski definition) is 1. The fourth-order valence-corrected chi connectivity index (χ4v) is 3.77. The van der Waals surface area contributed by atoms with Crippen molar-refractivity contribution in [2.45, 2.75) is 103 Å². The van der Waals surface area contributed by atoms with Crippen LogP contribution >= 0.6 is 0 Å². The van der Waals surface area contributed by atoms with Crippen molar-refractivity contribution in [2.75, 3.05) is 6.54 Å². The molecule has 5 heteroatoms. The van der Waals surface area contributed by atoms with Crippen LogP contribution in [0.5, 0.6) is 0 Å². The van der Waals surface area contributed by atoms with Crippen LogP contribution in [0.4, 0.5) is 0 Å². The zero-order valence-electron chi connectivity index (χ0n) is 18.1. The summed E-state index contributed by atoms with van der Waals surface area (Å²) in [5.74, 6) is -0.296. The number of carbonyl (C=O) groups is 1. The standard InChI is InChI=1S/C23H41N3O2/c1-3-4-5-6-7-8-9-10-11-12-13-14-15-16-17-22-25-18-19-26(22,21(2)24)20-23(27)28/h14-15,18-19,21H,3-13,16-17,20,24H2,1-2H3/b15-14+. The summed E-state index contributed by atoms with van der Waals surface area (Å²) in [7, 11) is 0. The van der Waals surface area contributed by atoms with E-state index in [1.54, 1.807) is 12.4 Å². The molecule has 1 heterocycles. The van der Waals surface area contributed by atoms with E-state index in [1.165, 1.54) is 64.2 Å². The number of aliphatic carboxylic acids is 1. The number of nitrogens with zero attached hydrogens (tertiary/aromatic N) is 2. The number of quaternary nitrogens is 1. The molecule has 0 spiro atoms. The van der Waals surface area contributed by atoms with E-state index in [1.807, 2.05) is 6.92 Å². The molecular formula is C23H41N3O2. The maximum Gasteiger partial charge on any atom is 0.209 e. The third kappa shape index (κ3) is 9.16. The first-order valence-corrected chi connectivity index (χ1v) is 11.3. The summed E-state index contributed by atoms with van der Waals surface area (Å²) in [6.45, 7) is 3.92. The molecule has 160 valence electrons. The fraction of sp³-hybridized carbons (Fsp3) is 0.739. The molecule has 1 aliphatic rings. The van der Waals surface area contributed by atoms with E-state index in [2.05, 4.69) is 24.1 Å². The van der Waals surface area contributed by atoms with E-state index in [9.17, 15) is 9.90 Å². The van der Waals surface area contributed by atoms with Gasteiger partial charge in [-0.05, 0) is 19.3 Å². The number of unbranched alkanes of at least 4 members (excludes halogenated alkanes) is 10. The number of rotatable bonds is 17. The van der Waals surface area contributed by atoms with Crippen molar-refractivity contribution >= 4 is 11.8 Å². The second-order valence-corrected chi connectivity index (χ2v) is 8.03. The monoisotopic (exact) mass is 391 g/mol. The maximum absolute atomic E-state index is 11.1. The Labute approximate surface area is 172 Å². The predicted octanol–water partition coefficient (Wildman–Crippen LogP) is 4.39. The van der Waals surface area contributed by atoms with Crippen molar-refractivity contribution in [3.63, 3.8) is 0 Å². The van der Waals surface area contributed by atoms with Gasteiger partial charge in [0.15, 0.2) is 0 Å². The maximum atomic E-state index is 11.1. The number of allylic oxidation sites excluding steroid dienone is 2. The van der Waals surface area contributed by atoms with E-state index in [-0.39, 0.29) is 17.2 Å². The summed E-state index contributed by atoms with van der Waals surface area (Å²) in [6.07, 6.45) is 23.8. The Kier molecular flexibility index (Phi) is 12.8. The Morgan fingerprint density at radius 1 is 1.07 bits per heavy atom. The first-order chi connectivity index (χ1) is 13.5. The Bertz CT molecular complexity index is 526. The van der Waals surface area contributed by atoms with Crippen molar-refractivity contribution in [3.8, 4) is 0 Å². The van der Waals surface area contributed by atoms with E-state index in [0.29, 0.717) is 0 Å². The molecule has 1 rings (SSSR count). The number of carboxylic acids is 1. The quantitative estimate of drug-likeness (QED) is 0.227. The van der Waals surface area contributed by atoms with Crippen LogP contribution in [0, 0.1) is 0 Å². The minimum absolute atomic E-state index is 0.0780. The smallest absolute Gasteiger partial charge is 0.209 e. The molecule has 0 fully saturated rings. The molecule has 0 radical (unpaired) electrons. The normalized spacial score (nSPS) is 20.0. The third-order valence-corrected chi connectivity index (χ3v) is 5.58. The number of hydrogen-bond acceptors (Lipinski definition) is 4. The van der Waals surface area contributed by atoms with Gasteiger partial charge in [0.1, 0.15) is 18.9 Å². The van der Waals surface area contributed by atoms with Crippen molar-refractivity contribution in [1.29, 1.82) is 0 Å². The van der Waals surface area contributed by atoms with Crippen LogP contribution < -0.4 is 10.8 Å². The number of carbonyl (C=O) groups excluding carboxylic acids is 1. The molecule has 5 nitrogen and oxygen atoms in total. The van der Waals surface area contributed by atoms with Gasteiger partial charge in [0.2, 0.25) is 5.84 Å². The third-order valence-electron chi connectivity index (χ3n) is 5.58. The van der Waals surface area contributed by atoms with Gasteiger partial charge < -0.3 is 9.90 Å². The molecular weight excluding hydrogens is 350 g/mol. The summed E-state index contributed by atoms with van der Waals surface area (Å²) in [4.78, 5) is 15.5. The molecule has 2 N–H and O–H groups in total. The first kappa shape index (κ1) is 24.6. The molecule has 0 aliphatic carbocycles. The highest BCUT2D eigenvalue weighted by Gasteiger charge is 2.38. The SMILES string of the molecule is CCCCCCCCCCCC/C=C/CCC1=NC=C[N+]1(CC(=O)[O-])C(C)N. The molecule has 1 aliphatic heterocycles. The number of amidine groups is 1. The number of nitrogens with two attached hydrogens (primary N) is 1. The fourth-order valence-electron chi connectivity index (χ4n) is 3.77. The van der Waals surface area contributed by atoms with Crippen LogP contribution in [0.25, 0.3) is 0 Å². The van der Waals surface area contributed by atoms with Crippen molar-refractivity contribution in [3.05, 3.63) is 24.6 Å². The average molecular weight is 392 g/mol. The molecule has 0 bridgehead atoms. The Morgan fingerprint density at radius 2 is 1.64 bits per heavy atom. The Balaban J connectivity index is 2.11. The highest BCUT2D eigenvalue weighted by Crippen LogP contribution is 2.22. The van der Waals surface area contributed by atoms with Crippen LogP contribution in [0.15, 0.2) is 29.5 Å². The lowest BCUT2D eigenvalue weighted by atomic mass is 10.1. The topological polar surface area (TPSA) is 78.5 Å². The number of aliphatic imine (C=N–C) groups is 1. The van der Waals surface area contributed by atoms with Crippen LogP contribution in [0.3, 0.4) is 0 Å². The second kappa shape index (κ2) is 14.5. The number of carboxylic acid groups (broad SMARTS) is 1. The van der Waals surface area contributed by atoms with Crippen LogP contribution in [0.2, 0.25) is 0 Å². The highest BCUT2D eigenvalue weighted by molar-refractivity contribution is 5.81. The van der Waals surface area contributed by atoms with Gasteiger partial charge in [0, 0.05) is 13.3 Å². The van der Waals surface area contributed by atoms with Gasteiger partial charge in [0.25, 0.3) is 0 Å². The van der Waals surface area contributed by atoms with Gasteiger partial charge in [-0.3, -0.25) is 5.73 Å². The molecule has 0 amide bonds. The molecule has 0 saturated carbocycles. The summed E-state index contributed by atoms with van der Waals surface area (Å²) >= 11 is 0. The minimum Gasteiger partial charge on any atom is -0.544 e. The first-order valence-electron chi connectivity index (χ1n) is 11.3. The van der Waals surface area contributed by atoms with Crippen molar-refractivity contribution in [1.82, 2.24) is 0 Å². The summed E-state index contributed by atoms with van der Waals surface area (Å²) in [5, 5.41) is 11.1. The van der Waals surface area contributed by atoms with E-state index < -0.39 is 5.97 Å². The van der Waals surface area contributed by atoms with Gasteiger partial charge >= 0.3 is 0 Å². The lowest BCUT2D eigenvalue weighted by molar-refractivity contribution is -0.808. The predicted molar refractivity (Wildman–Crippen MR) is 115 cm³/mol. The van der Waals surface area contributed by atoms with Gasteiger partial charge in [-0.2, -0.15) is 0 Å². The zero-order chi connectivity index (χ0) is 20.7. The van der Waals surface area contributed by atoms with Gasteiger partial charge in [-0.25, -0.2) is 9.48 Å². The van der Waals surface area contributed by atoms with Crippen molar-refractivity contribution in [2.24, 2.45) is 10.7 Å². The molecule has 0 saturated heterocycles. The van der Waals surface area contributed by atoms with Crippen LogP contribution in [0.1, 0.15) is 97.3 Å². The van der Waals surface area contributed by atoms with Gasteiger partial charge in [-0.1, -0.05) is 76.9 Å². The van der Waals surface area contributed by atoms with Crippen LogP contribution in [-0.4, -0.2) is 29.0 Å². The van der Waals surface area contributed by atoms with Gasteiger partial charge in [0.05, 0.1) is 12.2 Å². The zero-order valence-corrected chi connectivity index (χ0v) is 18.1. The average Bonchev–Trinajstić information content (AvgIpc) is 3.05. The summed E-state index contributed by atoms with van der Waals surface area (Å²) in [5.41, 5.74) is 6.05. The Morgan fingerprint density at radius 3 is 2.21 bits per heavy atom. The van der Waals surface area contributed by atoms with E-state index >= 15 is 0 Å². The molecule has 0 aromatic carbocycles. The Hall–Kier alpha value is -1.46. The minimum atomic E-state index is -1.10.